The molecule has 114 valence electrons. The van der Waals surface area contributed by atoms with E-state index in [0.29, 0.717) is 11.8 Å². The van der Waals surface area contributed by atoms with Crippen molar-refractivity contribution in [3.05, 3.63) is 70.4 Å². The van der Waals surface area contributed by atoms with Crippen LogP contribution in [0.3, 0.4) is 0 Å². The Bertz CT molecular complexity index is 824. The van der Waals surface area contributed by atoms with Crippen LogP contribution in [-0.4, -0.2) is 17.4 Å². The first-order chi connectivity index (χ1) is 11.3. The molecule has 0 amide bonds. The van der Waals surface area contributed by atoms with E-state index in [0.717, 1.165) is 12.0 Å². The van der Waals surface area contributed by atoms with Gasteiger partial charge in [0.25, 0.3) is 0 Å². The van der Waals surface area contributed by atoms with Crippen LogP contribution in [0.25, 0.3) is 0 Å². The van der Waals surface area contributed by atoms with Gasteiger partial charge in [0, 0.05) is 22.3 Å². The first-order valence-electron chi connectivity index (χ1n) is 7.88. The minimum Gasteiger partial charge on any atom is -0.405 e. The normalized spacial score (nSPS) is 34.2. The summed E-state index contributed by atoms with van der Waals surface area (Å²) >= 11 is 1.71. The zero-order valence-electron chi connectivity index (χ0n) is 12.4. The Hall–Kier alpha value is -2.20. The van der Waals surface area contributed by atoms with Crippen LogP contribution in [0.5, 0.6) is 0 Å². The molecule has 0 radical (unpaired) electrons. The molecule has 1 aromatic heterocycles. The fraction of sp³-hybridized carbons (Fsp3) is 0.263. The number of rotatable bonds is 2. The molecular weight excluding hydrogens is 306 g/mol. The number of hydrogen-bond donors (Lipinski definition) is 0. The number of thiophene rings is 1. The molecule has 2 bridgehead atoms. The van der Waals surface area contributed by atoms with E-state index in [1.165, 1.54) is 4.88 Å². The lowest BCUT2D eigenvalue weighted by atomic mass is 9.75. The Balaban J connectivity index is 1.66. The quantitative estimate of drug-likeness (QED) is 0.624. The largest absolute Gasteiger partial charge is 0.405 e. The Kier molecular flexibility index (Phi) is 2.68. The number of allylic oxidation sites excluding steroid dienone is 1. The molecule has 3 aliphatic rings. The summed E-state index contributed by atoms with van der Waals surface area (Å²) in [7, 11) is 0. The molecule has 1 saturated carbocycles. The summed E-state index contributed by atoms with van der Waals surface area (Å²) in [4.78, 5) is 19.0. The predicted molar refractivity (Wildman–Crippen MR) is 89.6 cm³/mol. The van der Waals surface area contributed by atoms with Gasteiger partial charge in [0.2, 0.25) is 5.90 Å². The van der Waals surface area contributed by atoms with Gasteiger partial charge in [-0.3, -0.25) is 0 Å². The minimum absolute atomic E-state index is 0.103. The Labute approximate surface area is 138 Å². The summed E-state index contributed by atoms with van der Waals surface area (Å²) in [6, 6.07) is 13.9. The molecule has 1 aliphatic heterocycles. The fourth-order valence-corrected chi connectivity index (χ4v) is 5.27. The molecule has 0 N–H and O–H groups in total. The Morgan fingerprint density at radius 2 is 2.00 bits per heavy atom. The van der Waals surface area contributed by atoms with Crippen LogP contribution >= 0.6 is 11.3 Å². The molecule has 1 spiro atoms. The summed E-state index contributed by atoms with van der Waals surface area (Å²) in [5.41, 5.74) is 0.101. The molecule has 3 nitrogen and oxygen atoms in total. The van der Waals surface area contributed by atoms with Gasteiger partial charge in [-0.1, -0.05) is 36.4 Å². The number of ether oxygens (including phenoxy) is 1. The maximum Gasteiger partial charge on any atom is 0.342 e. The number of hydrogen-bond acceptors (Lipinski definition) is 4. The molecule has 2 heterocycles. The van der Waals surface area contributed by atoms with Crippen molar-refractivity contribution < 1.29 is 9.53 Å². The van der Waals surface area contributed by atoms with E-state index >= 15 is 0 Å². The number of aliphatic imine (C=N–C) groups is 1. The van der Waals surface area contributed by atoms with Crippen molar-refractivity contribution >= 4 is 23.2 Å². The SMILES string of the molecule is O=C1OC(c2ccccc2)=N[C@]12[C@@H]1C=C[C@@H](C1)[C@H]2c1cccs1. The summed E-state index contributed by atoms with van der Waals surface area (Å²) in [6.07, 6.45) is 5.40. The molecular formula is C19H15NO2S. The predicted octanol–water partition coefficient (Wildman–Crippen LogP) is 3.78. The summed E-state index contributed by atoms with van der Waals surface area (Å²) < 4.78 is 5.65. The molecule has 5 rings (SSSR count). The molecule has 4 atom stereocenters. The second kappa shape index (κ2) is 4.65. The molecule has 0 unspecified atom stereocenters. The van der Waals surface area contributed by atoms with E-state index in [2.05, 4.69) is 23.6 Å². The van der Waals surface area contributed by atoms with Crippen molar-refractivity contribution in [3.63, 3.8) is 0 Å². The number of nitrogens with zero attached hydrogens (tertiary/aromatic N) is 1. The van der Waals surface area contributed by atoms with E-state index in [-0.39, 0.29) is 17.8 Å². The Morgan fingerprint density at radius 3 is 2.78 bits per heavy atom. The third kappa shape index (κ3) is 1.70. The highest BCUT2D eigenvalue weighted by atomic mass is 32.1. The van der Waals surface area contributed by atoms with Crippen LogP contribution in [0.15, 0.2) is 65.0 Å². The van der Waals surface area contributed by atoms with Crippen molar-refractivity contribution in [1.29, 1.82) is 0 Å². The lowest BCUT2D eigenvalue weighted by Gasteiger charge is -2.31. The molecule has 1 fully saturated rings. The van der Waals surface area contributed by atoms with Crippen LogP contribution in [0, 0.1) is 11.8 Å². The average molecular weight is 321 g/mol. The summed E-state index contributed by atoms with van der Waals surface area (Å²) in [6.45, 7) is 0. The minimum atomic E-state index is -0.768. The number of carbonyl (C=O) groups is 1. The zero-order valence-corrected chi connectivity index (χ0v) is 13.2. The summed E-state index contributed by atoms with van der Waals surface area (Å²) in [5, 5.41) is 2.07. The number of carbonyl (C=O) groups excluding carboxylic acids is 1. The van der Waals surface area contributed by atoms with Crippen LogP contribution in [0.1, 0.15) is 22.8 Å². The third-order valence-electron chi connectivity index (χ3n) is 5.26. The van der Waals surface area contributed by atoms with E-state index < -0.39 is 5.54 Å². The molecule has 23 heavy (non-hydrogen) atoms. The van der Waals surface area contributed by atoms with Crippen LogP contribution < -0.4 is 0 Å². The van der Waals surface area contributed by atoms with Gasteiger partial charge >= 0.3 is 5.97 Å². The van der Waals surface area contributed by atoms with Crippen molar-refractivity contribution in [1.82, 2.24) is 0 Å². The number of benzene rings is 1. The van der Waals surface area contributed by atoms with Gasteiger partial charge in [0.1, 0.15) is 0 Å². The van der Waals surface area contributed by atoms with Crippen LogP contribution in [0.4, 0.5) is 0 Å². The van der Waals surface area contributed by atoms with E-state index in [4.69, 9.17) is 9.73 Å². The van der Waals surface area contributed by atoms with Gasteiger partial charge in [-0.15, -0.1) is 11.3 Å². The Morgan fingerprint density at radius 1 is 1.13 bits per heavy atom. The maximum atomic E-state index is 12.9. The lowest BCUT2D eigenvalue weighted by molar-refractivity contribution is -0.140. The van der Waals surface area contributed by atoms with Gasteiger partial charge in [-0.05, 0) is 35.9 Å². The van der Waals surface area contributed by atoms with Crippen molar-refractivity contribution in [2.24, 2.45) is 16.8 Å². The zero-order chi connectivity index (χ0) is 15.4. The van der Waals surface area contributed by atoms with Crippen molar-refractivity contribution in [2.45, 2.75) is 17.9 Å². The fourth-order valence-electron chi connectivity index (χ4n) is 4.29. The number of fused-ring (bicyclic) bond motifs is 3. The molecule has 4 heteroatoms. The highest BCUT2D eigenvalue weighted by Crippen LogP contribution is 2.60. The first kappa shape index (κ1) is 13.3. The first-order valence-corrected chi connectivity index (χ1v) is 8.76. The van der Waals surface area contributed by atoms with E-state index in [9.17, 15) is 4.79 Å². The van der Waals surface area contributed by atoms with Gasteiger partial charge in [-0.2, -0.15) is 0 Å². The third-order valence-corrected chi connectivity index (χ3v) is 6.21. The number of esters is 1. The smallest absolute Gasteiger partial charge is 0.342 e. The number of cyclic esters (lactones) is 1. The summed E-state index contributed by atoms with van der Waals surface area (Å²) in [5.74, 6) is 0.911. The maximum absolute atomic E-state index is 12.9. The molecule has 1 aromatic carbocycles. The topological polar surface area (TPSA) is 38.7 Å². The van der Waals surface area contributed by atoms with Gasteiger partial charge in [0.15, 0.2) is 5.54 Å². The second-order valence-corrected chi connectivity index (χ2v) is 7.36. The van der Waals surface area contributed by atoms with Gasteiger partial charge in [-0.25, -0.2) is 9.79 Å². The highest BCUT2D eigenvalue weighted by Gasteiger charge is 2.65. The van der Waals surface area contributed by atoms with Gasteiger partial charge in [0.05, 0.1) is 0 Å². The average Bonchev–Trinajstić information content (AvgIpc) is 3.34. The standard InChI is InChI=1S/C19H15NO2S/c21-18-19(20-17(22-18)12-5-2-1-3-6-12)14-9-8-13(11-14)16(19)15-7-4-10-23-15/h1-10,13-14,16H,11H2/t13-,14+,16-,19-/m0/s1. The molecule has 0 saturated heterocycles. The van der Waals surface area contributed by atoms with E-state index in [1.807, 2.05) is 36.4 Å². The molecule has 2 aliphatic carbocycles. The molecule has 2 aromatic rings. The van der Waals surface area contributed by atoms with Crippen molar-refractivity contribution in [2.75, 3.05) is 0 Å². The van der Waals surface area contributed by atoms with Gasteiger partial charge < -0.3 is 4.74 Å². The van der Waals surface area contributed by atoms with Crippen LogP contribution in [-0.2, 0) is 9.53 Å². The van der Waals surface area contributed by atoms with Crippen molar-refractivity contribution in [3.8, 4) is 0 Å². The monoisotopic (exact) mass is 321 g/mol. The second-order valence-electron chi connectivity index (χ2n) is 6.38. The van der Waals surface area contributed by atoms with Crippen LogP contribution in [0.2, 0.25) is 0 Å². The lowest BCUT2D eigenvalue weighted by Crippen LogP contribution is -2.43. The van der Waals surface area contributed by atoms with E-state index in [1.54, 1.807) is 11.3 Å². The highest BCUT2D eigenvalue weighted by molar-refractivity contribution is 7.10.